The third kappa shape index (κ3) is 3.76. The molecule has 3 amide bonds. The van der Waals surface area contributed by atoms with Gasteiger partial charge in [0.15, 0.2) is 0 Å². The first kappa shape index (κ1) is 19.2. The molecule has 1 aromatic heterocycles. The van der Waals surface area contributed by atoms with Gasteiger partial charge in [0.05, 0.1) is 17.9 Å². The molecule has 0 aliphatic carbocycles. The van der Waals surface area contributed by atoms with E-state index in [2.05, 4.69) is 5.32 Å². The Morgan fingerprint density at radius 2 is 1.81 bits per heavy atom. The average Bonchev–Trinajstić information content (AvgIpc) is 3.23. The number of nitrogens with one attached hydrogen (secondary N) is 1. The summed E-state index contributed by atoms with van der Waals surface area (Å²) in [6.07, 6.45) is 4.98. The summed E-state index contributed by atoms with van der Waals surface area (Å²) in [6.45, 7) is 7.85. The summed E-state index contributed by atoms with van der Waals surface area (Å²) in [5.74, 6) is 0. The maximum absolute atomic E-state index is 13.3. The van der Waals surface area contributed by atoms with Gasteiger partial charge >= 0.3 is 12.1 Å². The first-order valence-corrected chi connectivity index (χ1v) is 9.39. The number of carbonyl (C=O) groups is 2. The van der Waals surface area contributed by atoms with Gasteiger partial charge < -0.3 is 9.30 Å². The van der Waals surface area contributed by atoms with Crippen molar-refractivity contribution in [1.82, 2.24) is 4.57 Å². The summed E-state index contributed by atoms with van der Waals surface area (Å²) in [5.41, 5.74) is 0.873. The van der Waals surface area contributed by atoms with E-state index in [1.165, 1.54) is 0 Å². The number of amides is 3. The van der Waals surface area contributed by atoms with Crippen LogP contribution in [0.25, 0.3) is 5.69 Å². The molecule has 0 spiro atoms. The Bertz CT molecular complexity index is 823. The number of hydrogen-bond acceptors (Lipinski definition) is 3. The Labute approximate surface area is 160 Å². The van der Waals surface area contributed by atoms with Crippen LogP contribution in [-0.4, -0.2) is 39.4 Å². The SMILES string of the molecule is C[C@@H]1CCC[N+]1(C(=O)Nc1ccccc1-n1cccc1)C(=O)OC(C)(C)C. The molecule has 3 rings (SSSR count). The van der Waals surface area contributed by atoms with E-state index in [1.807, 2.05) is 81.1 Å². The van der Waals surface area contributed by atoms with E-state index in [0.717, 1.165) is 18.5 Å². The zero-order chi connectivity index (χ0) is 19.7. The molecule has 2 atom stereocenters. The summed E-state index contributed by atoms with van der Waals surface area (Å²) in [5, 5.41) is 2.99. The molecular weight excluding hydrogens is 342 g/mol. The van der Waals surface area contributed by atoms with Gasteiger partial charge in [-0.3, -0.25) is 5.32 Å². The maximum atomic E-state index is 13.3. The van der Waals surface area contributed by atoms with Gasteiger partial charge in [0.2, 0.25) is 0 Å². The average molecular weight is 370 g/mol. The van der Waals surface area contributed by atoms with Crippen LogP contribution in [0.4, 0.5) is 15.3 Å². The normalized spacial score (nSPS) is 22.4. The number of carbonyl (C=O) groups excluding carboxylic acids is 2. The van der Waals surface area contributed by atoms with Gasteiger partial charge in [0, 0.05) is 25.2 Å². The molecule has 1 aromatic carbocycles. The molecule has 6 heteroatoms. The molecular formula is C21H28N3O3+. The summed E-state index contributed by atoms with van der Waals surface area (Å²) >= 11 is 0. The van der Waals surface area contributed by atoms with Crippen LogP contribution >= 0.6 is 0 Å². The first-order valence-electron chi connectivity index (χ1n) is 9.39. The molecule has 0 bridgehead atoms. The molecule has 1 aliphatic heterocycles. The molecule has 1 aliphatic rings. The van der Waals surface area contributed by atoms with Gasteiger partial charge in [-0.2, -0.15) is 4.79 Å². The smallest absolute Gasteiger partial charge is 0.414 e. The van der Waals surface area contributed by atoms with Crippen molar-refractivity contribution >= 4 is 17.8 Å². The highest BCUT2D eigenvalue weighted by Gasteiger charge is 2.55. The van der Waals surface area contributed by atoms with Gasteiger partial charge in [0.25, 0.3) is 0 Å². The number of hydrogen-bond donors (Lipinski definition) is 1. The summed E-state index contributed by atoms with van der Waals surface area (Å²) in [6, 6.07) is 11.0. The lowest BCUT2D eigenvalue weighted by molar-refractivity contribution is -0.786. The number of rotatable bonds is 2. The lowest BCUT2D eigenvalue weighted by atomic mass is 10.2. The van der Waals surface area contributed by atoms with Gasteiger partial charge in [-0.25, -0.2) is 4.79 Å². The minimum atomic E-state index is -0.645. The fraction of sp³-hybridized carbons (Fsp3) is 0.429. The predicted molar refractivity (Wildman–Crippen MR) is 105 cm³/mol. The molecule has 1 fully saturated rings. The molecule has 0 radical (unpaired) electrons. The van der Waals surface area contributed by atoms with E-state index < -0.39 is 11.7 Å². The second kappa shape index (κ2) is 7.19. The molecule has 1 saturated heterocycles. The van der Waals surface area contributed by atoms with Gasteiger partial charge in [-0.15, -0.1) is 4.48 Å². The van der Waals surface area contributed by atoms with Crippen molar-refractivity contribution in [3.05, 3.63) is 48.8 Å². The highest BCUT2D eigenvalue weighted by Crippen LogP contribution is 2.32. The number of para-hydroxylation sites is 2. The minimum absolute atomic E-state index is 0.126. The van der Waals surface area contributed by atoms with E-state index in [1.54, 1.807) is 0 Å². The molecule has 2 heterocycles. The van der Waals surface area contributed by atoms with Crippen molar-refractivity contribution in [2.24, 2.45) is 0 Å². The number of likely N-dealkylation sites (tertiary alicyclic amines) is 1. The highest BCUT2D eigenvalue weighted by molar-refractivity contribution is 5.92. The summed E-state index contributed by atoms with van der Waals surface area (Å²) < 4.78 is 7.23. The van der Waals surface area contributed by atoms with Crippen molar-refractivity contribution in [2.45, 2.75) is 52.2 Å². The van der Waals surface area contributed by atoms with Crippen LogP contribution in [0.3, 0.4) is 0 Å². The number of urea groups is 1. The predicted octanol–water partition coefficient (Wildman–Crippen LogP) is 4.94. The molecule has 1 unspecified atom stereocenters. The van der Waals surface area contributed by atoms with Crippen LogP contribution in [0.5, 0.6) is 0 Å². The lowest BCUT2D eigenvalue weighted by Gasteiger charge is -2.34. The molecule has 1 N–H and O–H groups in total. The van der Waals surface area contributed by atoms with E-state index in [0.29, 0.717) is 12.2 Å². The van der Waals surface area contributed by atoms with Crippen LogP contribution < -0.4 is 5.32 Å². The number of nitrogens with zero attached hydrogens (tertiary/aromatic N) is 2. The number of imide groups is 1. The molecule has 2 aromatic rings. The molecule has 27 heavy (non-hydrogen) atoms. The Morgan fingerprint density at radius 1 is 1.15 bits per heavy atom. The highest BCUT2D eigenvalue weighted by atomic mass is 16.6. The number of anilines is 1. The van der Waals surface area contributed by atoms with Gasteiger partial charge in [0.1, 0.15) is 11.6 Å². The number of ether oxygens (including phenoxy) is 1. The standard InChI is InChI=1S/C21H27N3O3/c1-16-10-9-15-24(16,20(26)27-21(2,3)4)19(25)22-17-11-5-6-12-18(17)23-13-7-8-14-23/h5-8,11-14,16H,9-10,15H2,1-4H3/p+1/t16-,24?/m1/s1. The fourth-order valence-corrected chi connectivity index (χ4v) is 3.59. The van der Waals surface area contributed by atoms with E-state index in [9.17, 15) is 9.59 Å². The van der Waals surface area contributed by atoms with E-state index in [-0.39, 0.29) is 16.6 Å². The quantitative estimate of drug-likeness (QED) is 0.762. The Hall–Kier alpha value is -2.60. The minimum Gasteiger partial charge on any atom is -0.414 e. The van der Waals surface area contributed by atoms with Crippen LogP contribution in [0.2, 0.25) is 0 Å². The molecule has 0 saturated carbocycles. The van der Waals surface area contributed by atoms with Gasteiger partial charge in [-0.05, 0) is 52.0 Å². The topological polar surface area (TPSA) is 60.3 Å². The van der Waals surface area contributed by atoms with Crippen LogP contribution in [0.1, 0.15) is 40.5 Å². The number of aromatic nitrogens is 1. The van der Waals surface area contributed by atoms with E-state index in [4.69, 9.17) is 4.74 Å². The molecule has 144 valence electrons. The monoisotopic (exact) mass is 370 g/mol. The fourth-order valence-electron chi connectivity index (χ4n) is 3.59. The van der Waals surface area contributed by atoms with Gasteiger partial charge in [-0.1, -0.05) is 12.1 Å². The number of quaternary nitrogens is 1. The number of benzene rings is 1. The Morgan fingerprint density at radius 3 is 2.41 bits per heavy atom. The third-order valence-corrected chi connectivity index (χ3v) is 5.00. The second-order valence-corrected chi connectivity index (χ2v) is 8.10. The summed E-state index contributed by atoms with van der Waals surface area (Å²) in [4.78, 5) is 26.4. The van der Waals surface area contributed by atoms with E-state index >= 15 is 0 Å². The Kier molecular flexibility index (Phi) is 5.11. The van der Waals surface area contributed by atoms with Crippen molar-refractivity contribution in [3.8, 4) is 5.69 Å². The van der Waals surface area contributed by atoms with Crippen molar-refractivity contribution in [1.29, 1.82) is 0 Å². The third-order valence-electron chi connectivity index (χ3n) is 5.00. The van der Waals surface area contributed by atoms with Crippen molar-refractivity contribution in [2.75, 3.05) is 11.9 Å². The molecule has 6 nitrogen and oxygen atoms in total. The Balaban J connectivity index is 1.92. The first-order chi connectivity index (χ1) is 12.7. The van der Waals surface area contributed by atoms with Crippen molar-refractivity contribution in [3.63, 3.8) is 0 Å². The second-order valence-electron chi connectivity index (χ2n) is 8.10. The maximum Gasteiger partial charge on any atom is 0.526 e. The zero-order valence-corrected chi connectivity index (χ0v) is 16.4. The summed E-state index contributed by atoms with van der Waals surface area (Å²) in [7, 11) is 0. The van der Waals surface area contributed by atoms with Crippen LogP contribution in [0.15, 0.2) is 48.8 Å². The van der Waals surface area contributed by atoms with Crippen LogP contribution in [0, 0.1) is 0 Å². The van der Waals surface area contributed by atoms with Crippen LogP contribution in [-0.2, 0) is 4.74 Å². The lowest BCUT2D eigenvalue weighted by Crippen LogP contribution is -2.61. The largest absolute Gasteiger partial charge is 0.526 e. The van der Waals surface area contributed by atoms with Crippen molar-refractivity contribution < 1.29 is 18.8 Å². The zero-order valence-electron chi connectivity index (χ0n) is 16.4.